The van der Waals surface area contributed by atoms with Crippen LogP contribution in [0.1, 0.15) is 38.3 Å². The predicted octanol–water partition coefficient (Wildman–Crippen LogP) is 3.00. The van der Waals surface area contributed by atoms with Crippen molar-refractivity contribution in [2.75, 3.05) is 18.2 Å². The molecule has 1 aliphatic rings. The summed E-state index contributed by atoms with van der Waals surface area (Å²) in [6.45, 7) is 5.29. The van der Waals surface area contributed by atoms with Gasteiger partial charge in [0.2, 0.25) is 20.0 Å². The van der Waals surface area contributed by atoms with Crippen LogP contribution in [0.4, 0.5) is 10.2 Å². The number of nitriles is 1. The van der Waals surface area contributed by atoms with Gasteiger partial charge < -0.3 is 10.2 Å². The van der Waals surface area contributed by atoms with E-state index in [0.717, 1.165) is 18.4 Å². The second-order valence-electron chi connectivity index (χ2n) is 10.8. The molecule has 1 amide bonds. The Hall–Kier alpha value is -4.23. The van der Waals surface area contributed by atoms with Crippen LogP contribution < -0.4 is 14.8 Å². The first-order valence-corrected chi connectivity index (χ1v) is 16.2. The van der Waals surface area contributed by atoms with Crippen molar-refractivity contribution in [2.24, 2.45) is 5.16 Å². The quantitative estimate of drug-likeness (QED) is 0.323. The smallest absolute Gasteiger partial charge is 0.257 e. The number of aromatic nitrogens is 1. The number of hydrogen-bond acceptors (Lipinski definition) is 9. The molecule has 43 heavy (non-hydrogen) atoms. The van der Waals surface area contributed by atoms with E-state index in [9.17, 15) is 31.3 Å². The topological polar surface area (TPSA) is 180 Å². The summed E-state index contributed by atoms with van der Waals surface area (Å²) in [5.41, 5.74) is -2.03. The van der Waals surface area contributed by atoms with Gasteiger partial charge in [-0.25, -0.2) is 30.9 Å². The normalized spacial score (nSPS) is 15.1. The maximum atomic E-state index is 14.2. The molecule has 0 bridgehead atoms. The maximum absolute atomic E-state index is 14.2. The maximum Gasteiger partial charge on any atom is 0.257 e. The van der Waals surface area contributed by atoms with Gasteiger partial charge in [0, 0.05) is 23.7 Å². The van der Waals surface area contributed by atoms with Crippen LogP contribution in [0.3, 0.4) is 0 Å². The number of amides is 1. The van der Waals surface area contributed by atoms with Gasteiger partial charge in [-0.3, -0.25) is 4.79 Å². The molecule has 15 heteroatoms. The third-order valence-electron chi connectivity index (χ3n) is 6.18. The van der Waals surface area contributed by atoms with Gasteiger partial charge in [0.15, 0.2) is 5.54 Å². The molecule has 2 heterocycles. The lowest BCUT2D eigenvalue weighted by Gasteiger charge is -2.32. The van der Waals surface area contributed by atoms with E-state index in [-0.39, 0.29) is 35.0 Å². The molecule has 3 N–H and O–H groups in total. The highest BCUT2D eigenvalue weighted by atomic mass is 32.2. The molecular formula is C28H29FN6O6S2. The summed E-state index contributed by atoms with van der Waals surface area (Å²) < 4.78 is 69.4. The molecule has 0 aliphatic carbocycles. The fraction of sp³-hybridized carbons (Fsp3) is 0.286. The van der Waals surface area contributed by atoms with E-state index in [2.05, 4.69) is 24.9 Å². The summed E-state index contributed by atoms with van der Waals surface area (Å²) in [4.78, 5) is 23.4. The van der Waals surface area contributed by atoms with Crippen molar-refractivity contribution in [1.29, 1.82) is 5.26 Å². The lowest BCUT2D eigenvalue weighted by atomic mass is 9.83. The lowest BCUT2D eigenvalue weighted by molar-refractivity contribution is -0.119. The predicted molar refractivity (Wildman–Crippen MR) is 157 cm³/mol. The van der Waals surface area contributed by atoms with Crippen molar-refractivity contribution >= 4 is 37.5 Å². The first-order valence-electron chi connectivity index (χ1n) is 12.8. The zero-order valence-corrected chi connectivity index (χ0v) is 25.3. The summed E-state index contributed by atoms with van der Waals surface area (Å²) in [6.07, 6.45) is 2.36. The van der Waals surface area contributed by atoms with Crippen LogP contribution in [0.2, 0.25) is 0 Å². The van der Waals surface area contributed by atoms with E-state index < -0.39 is 48.4 Å². The molecule has 0 radical (unpaired) electrons. The average molecular weight is 629 g/mol. The molecule has 0 saturated carbocycles. The van der Waals surface area contributed by atoms with Crippen LogP contribution in [-0.2, 0) is 35.2 Å². The summed E-state index contributed by atoms with van der Waals surface area (Å²) >= 11 is 0. The molecule has 0 fully saturated rings. The van der Waals surface area contributed by atoms with E-state index in [4.69, 9.17) is 4.84 Å². The minimum absolute atomic E-state index is 0.00136. The van der Waals surface area contributed by atoms with Crippen molar-refractivity contribution in [1.82, 2.24) is 14.4 Å². The van der Waals surface area contributed by atoms with E-state index in [1.54, 1.807) is 45.0 Å². The molecule has 1 aliphatic heterocycles. The average Bonchev–Trinajstić information content (AvgIpc) is 3.46. The first kappa shape index (κ1) is 31.7. The van der Waals surface area contributed by atoms with Crippen molar-refractivity contribution in [2.45, 2.75) is 43.2 Å². The second kappa shape index (κ2) is 11.8. The summed E-state index contributed by atoms with van der Waals surface area (Å²) in [6, 6.07) is 14.2. The zero-order valence-electron chi connectivity index (χ0n) is 23.7. The first-order chi connectivity index (χ1) is 20.0. The highest BCUT2D eigenvalue weighted by Crippen LogP contribution is 2.32. The molecule has 12 nitrogen and oxygen atoms in total. The fourth-order valence-electron chi connectivity index (χ4n) is 4.42. The second-order valence-corrected chi connectivity index (χ2v) is 14.2. The standard InChI is InChI=1S/C28H29FN6O6S2/c1-27(2,3)34-43(39,40)22-9-5-18(6-10-22)19-7-12-25(31-17-19)32-26(36)28(35-42(4,37)38,24-13-14-41-33-24)21-8-11-23(29)20(15-21)16-30/h5-12,15,17,34-35H,13-14H2,1-4H3,(H,31,32,36). The van der Waals surface area contributed by atoms with Gasteiger partial charge in [0.25, 0.3) is 5.91 Å². The van der Waals surface area contributed by atoms with Gasteiger partial charge >= 0.3 is 0 Å². The molecule has 226 valence electrons. The number of anilines is 1. The summed E-state index contributed by atoms with van der Waals surface area (Å²) in [5, 5.41) is 15.8. The van der Waals surface area contributed by atoms with Gasteiger partial charge in [-0.2, -0.15) is 9.98 Å². The third-order valence-corrected chi connectivity index (χ3v) is 8.63. The Morgan fingerprint density at radius 1 is 1.00 bits per heavy atom. The Morgan fingerprint density at radius 3 is 2.21 bits per heavy atom. The van der Waals surface area contributed by atoms with Crippen LogP contribution in [-0.4, -0.2) is 51.8 Å². The fourth-order valence-corrected chi connectivity index (χ4v) is 6.72. The van der Waals surface area contributed by atoms with Crippen LogP contribution in [0.25, 0.3) is 11.1 Å². The molecule has 0 spiro atoms. The van der Waals surface area contributed by atoms with Crippen LogP contribution in [0, 0.1) is 17.1 Å². The summed E-state index contributed by atoms with van der Waals surface area (Å²) in [7, 11) is -7.81. The largest absolute Gasteiger partial charge is 0.395 e. The van der Waals surface area contributed by atoms with Crippen molar-refractivity contribution < 1.29 is 30.9 Å². The number of halogens is 1. The van der Waals surface area contributed by atoms with Gasteiger partial charge in [-0.1, -0.05) is 23.4 Å². The molecule has 3 aromatic rings. The molecule has 1 unspecified atom stereocenters. The van der Waals surface area contributed by atoms with Crippen LogP contribution >= 0.6 is 0 Å². The number of nitrogens with zero attached hydrogens (tertiary/aromatic N) is 3. The highest BCUT2D eigenvalue weighted by Gasteiger charge is 2.49. The Bertz CT molecular complexity index is 1830. The molecule has 4 rings (SSSR count). The van der Waals surface area contributed by atoms with Crippen LogP contribution in [0.15, 0.2) is 70.8 Å². The zero-order chi connectivity index (χ0) is 31.6. The SMILES string of the molecule is CC(C)(C)NS(=O)(=O)c1ccc(-c2ccc(NC(=O)C(NS(C)(=O)=O)(C3=NOCC3)c3ccc(F)c(C#N)c3)nc2)cc1. The number of sulfonamides is 2. The van der Waals surface area contributed by atoms with Crippen LogP contribution in [0.5, 0.6) is 0 Å². The van der Waals surface area contributed by atoms with Crippen molar-refractivity contribution in [3.8, 4) is 17.2 Å². The monoisotopic (exact) mass is 628 g/mol. The molecular weight excluding hydrogens is 599 g/mol. The number of hydrogen-bond donors (Lipinski definition) is 3. The van der Waals surface area contributed by atoms with E-state index in [1.807, 2.05) is 0 Å². The Labute approximate surface area is 249 Å². The minimum atomic E-state index is -4.09. The number of pyridine rings is 1. The number of rotatable bonds is 9. The number of nitrogens with one attached hydrogen (secondary N) is 3. The van der Waals surface area contributed by atoms with E-state index >= 15 is 0 Å². The number of carbonyl (C=O) groups is 1. The molecule has 2 aromatic carbocycles. The number of carbonyl (C=O) groups excluding carboxylic acids is 1. The van der Waals surface area contributed by atoms with Gasteiger partial charge in [-0.05, 0) is 68.3 Å². The lowest BCUT2D eigenvalue weighted by Crippen LogP contribution is -2.59. The molecule has 1 atom stereocenters. The highest BCUT2D eigenvalue weighted by molar-refractivity contribution is 7.89. The van der Waals surface area contributed by atoms with Gasteiger partial charge in [0.05, 0.1) is 22.4 Å². The van der Waals surface area contributed by atoms with Gasteiger partial charge in [-0.15, -0.1) is 0 Å². The number of oxime groups is 1. The molecule has 0 saturated heterocycles. The Balaban J connectivity index is 1.67. The van der Waals surface area contributed by atoms with Gasteiger partial charge in [0.1, 0.15) is 24.3 Å². The third kappa shape index (κ3) is 7.23. The molecule has 1 aromatic heterocycles. The van der Waals surface area contributed by atoms with E-state index in [1.165, 1.54) is 30.5 Å². The Morgan fingerprint density at radius 2 is 1.67 bits per heavy atom. The summed E-state index contributed by atoms with van der Waals surface area (Å²) in [5.74, 6) is -1.72. The van der Waals surface area contributed by atoms with Crippen molar-refractivity contribution in [3.63, 3.8) is 0 Å². The van der Waals surface area contributed by atoms with E-state index in [0.29, 0.717) is 11.1 Å². The minimum Gasteiger partial charge on any atom is -0.395 e. The van der Waals surface area contributed by atoms with Crippen molar-refractivity contribution in [3.05, 3.63) is 77.7 Å². The Kier molecular flexibility index (Phi) is 8.70. The number of benzene rings is 2.